The number of anilines is 2. The van der Waals surface area contributed by atoms with Crippen molar-refractivity contribution < 1.29 is 23.5 Å². The van der Waals surface area contributed by atoms with Gasteiger partial charge in [-0.15, -0.1) is 0 Å². The van der Waals surface area contributed by atoms with Crippen molar-refractivity contribution in [3.05, 3.63) is 24.0 Å². The number of nitrogens with one attached hydrogen (secondary N) is 1. The highest BCUT2D eigenvalue weighted by atomic mass is 19.1. The van der Waals surface area contributed by atoms with E-state index in [0.717, 1.165) is 12.8 Å². The molecule has 2 aliphatic heterocycles. The normalized spacial score (nSPS) is 20.9. The van der Waals surface area contributed by atoms with E-state index in [4.69, 9.17) is 9.47 Å². The van der Waals surface area contributed by atoms with Crippen LogP contribution in [0, 0.1) is 5.82 Å². The fraction of sp³-hybridized carbons (Fsp3) is 0.500. The average Bonchev–Trinajstić information content (AvgIpc) is 3.03. The predicted molar refractivity (Wildman–Crippen MR) is 85.7 cm³/mol. The molecule has 0 spiro atoms. The molecule has 130 valence electrons. The summed E-state index contributed by atoms with van der Waals surface area (Å²) >= 11 is 0. The van der Waals surface area contributed by atoms with Gasteiger partial charge in [-0.3, -0.25) is 4.90 Å². The van der Waals surface area contributed by atoms with Crippen LogP contribution in [0.25, 0.3) is 0 Å². The average molecular weight is 337 g/mol. The van der Waals surface area contributed by atoms with Gasteiger partial charge in [-0.25, -0.2) is 14.0 Å². The molecule has 0 radical (unpaired) electrons. The fourth-order valence-corrected chi connectivity index (χ4v) is 2.91. The minimum Gasteiger partial charge on any atom is -0.447 e. The lowest BCUT2D eigenvalue weighted by molar-refractivity contribution is 0.0458. The van der Waals surface area contributed by atoms with Crippen LogP contribution in [0.4, 0.5) is 25.4 Å². The number of carbonyl (C=O) groups excluding carboxylic acids is 2. The molecule has 7 nitrogen and oxygen atoms in total. The first kappa shape index (κ1) is 16.5. The molecule has 1 aromatic rings. The van der Waals surface area contributed by atoms with Crippen LogP contribution in [0.3, 0.4) is 0 Å². The van der Waals surface area contributed by atoms with Gasteiger partial charge in [0, 0.05) is 25.9 Å². The minimum atomic E-state index is -0.556. The summed E-state index contributed by atoms with van der Waals surface area (Å²) in [5, 5.41) is 2.58. The second kappa shape index (κ2) is 7.04. The van der Waals surface area contributed by atoms with Gasteiger partial charge in [0.25, 0.3) is 0 Å². The summed E-state index contributed by atoms with van der Waals surface area (Å²) in [4.78, 5) is 27.0. The molecule has 2 heterocycles. The van der Waals surface area contributed by atoms with Crippen LogP contribution in [-0.4, -0.2) is 56.5 Å². The number of hydrogen-bond donors (Lipinski definition) is 1. The monoisotopic (exact) mass is 337 g/mol. The lowest BCUT2D eigenvalue weighted by atomic mass is 10.1. The van der Waals surface area contributed by atoms with Gasteiger partial charge in [0.2, 0.25) is 0 Å². The number of benzene rings is 1. The fourth-order valence-electron chi connectivity index (χ4n) is 2.91. The third-order valence-electron chi connectivity index (χ3n) is 4.26. The number of methoxy groups -OCH3 is 1. The molecular formula is C16H20FN3O4. The largest absolute Gasteiger partial charge is 0.447 e. The van der Waals surface area contributed by atoms with E-state index in [0.29, 0.717) is 31.9 Å². The Hall–Kier alpha value is -2.35. The number of halogens is 1. The van der Waals surface area contributed by atoms with Crippen LogP contribution in [0.15, 0.2) is 18.2 Å². The van der Waals surface area contributed by atoms with Gasteiger partial charge in [-0.2, -0.15) is 0 Å². The second-order valence-corrected chi connectivity index (χ2v) is 5.81. The molecule has 0 saturated carbocycles. The predicted octanol–water partition coefficient (Wildman–Crippen LogP) is 2.43. The maximum Gasteiger partial charge on any atom is 0.414 e. The first-order valence-electron chi connectivity index (χ1n) is 7.91. The number of likely N-dealkylation sites (tertiary alicyclic amines) is 1. The van der Waals surface area contributed by atoms with E-state index < -0.39 is 11.9 Å². The third-order valence-corrected chi connectivity index (χ3v) is 4.26. The smallest absolute Gasteiger partial charge is 0.414 e. The SMILES string of the molecule is CO[C@@H]1CCCN(C(=O)Nc2cc(N3CCOC3=O)ccc2F)C1. The van der Waals surface area contributed by atoms with Crippen LogP contribution >= 0.6 is 0 Å². The first-order valence-corrected chi connectivity index (χ1v) is 7.91. The molecule has 1 N–H and O–H groups in total. The summed E-state index contributed by atoms with van der Waals surface area (Å²) in [7, 11) is 1.62. The Labute approximate surface area is 139 Å². The van der Waals surface area contributed by atoms with E-state index in [9.17, 15) is 14.0 Å². The molecule has 2 fully saturated rings. The van der Waals surface area contributed by atoms with Gasteiger partial charge < -0.3 is 19.7 Å². The number of piperidine rings is 1. The summed E-state index contributed by atoms with van der Waals surface area (Å²) in [6.45, 7) is 1.77. The van der Waals surface area contributed by atoms with E-state index in [1.54, 1.807) is 12.0 Å². The van der Waals surface area contributed by atoms with Crippen molar-refractivity contribution in [2.24, 2.45) is 0 Å². The van der Waals surface area contributed by atoms with Gasteiger partial charge in [0.1, 0.15) is 12.4 Å². The van der Waals surface area contributed by atoms with Crippen molar-refractivity contribution >= 4 is 23.5 Å². The Morgan fingerprint density at radius 1 is 1.42 bits per heavy atom. The van der Waals surface area contributed by atoms with E-state index >= 15 is 0 Å². The molecule has 3 rings (SSSR count). The molecule has 3 amide bonds. The number of urea groups is 1. The van der Waals surface area contributed by atoms with Gasteiger partial charge in [0.05, 0.1) is 18.3 Å². The number of cyclic esters (lactones) is 1. The van der Waals surface area contributed by atoms with Crippen molar-refractivity contribution in [3.8, 4) is 0 Å². The lowest BCUT2D eigenvalue weighted by Gasteiger charge is -2.32. The van der Waals surface area contributed by atoms with Crippen molar-refractivity contribution in [2.45, 2.75) is 18.9 Å². The highest BCUT2D eigenvalue weighted by molar-refractivity contribution is 5.93. The molecule has 0 aliphatic carbocycles. The van der Waals surface area contributed by atoms with Crippen molar-refractivity contribution in [2.75, 3.05) is 43.6 Å². The van der Waals surface area contributed by atoms with Crippen LogP contribution in [0.1, 0.15) is 12.8 Å². The summed E-state index contributed by atoms with van der Waals surface area (Å²) in [5.41, 5.74) is 0.527. The molecule has 0 bridgehead atoms. The highest BCUT2D eigenvalue weighted by Crippen LogP contribution is 2.25. The maximum absolute atomic E-state index is 14.0. The van der Waals surface area contributed by atoms with Crippen molar-refractivity contribution in [1.29, 1.82) is 0 Å². The Bertz CT molecular complexity index is 640. The summed E-state index contributed by atoms with van der Waals surface area (Å²) < 4.78 is 24.2. The van der Waals surface area contributed by atoms with Gasteiger partial charge in [-0.1, -0.05) is 0 Å². The Kier molecular flexibility index (Phi) is 4.84. The molecule has 1 atom stereocenters. The maximum atomic E-state index is 14.0. The van der Waals surface area contributed by atoms with Crippen LogP contribution in [-0.2, 0) is 9.47 Å². The highest BCUT2D eigenvalue weighted by Gasteiger charge is 2.26. The first-order chi connectivity index (χ1) is 11.6. The minimum absolute atomic E-state index is 0.0000476. The standard InChI is InChI=1S/C16H20FN3O4/c1-23-12-3-2-6-19(10-12)15(21)18-14-9-11(4-5-13(14)17)20-7-8-24-16(20)22/h4-5,9,12H,2-3,6-8,10H2,1H3,(H,18,21)/t12-/m1/s1. The van der Waals surface area contributed by atoms with Crippen molar-refractivity contribution in [3.63, 3.8) is 0 Å². The number of carbonyl (C=O) groups is 2. The topological polar surface area (TPSA) is 71.1 Å². The van der Waals surface area contributed by atoms with Gasteiger partial charge >= 0.3 is 12.1 Å². The Balaban J connectivity index is 1.72. The van der Waals surface area contributed by atoms with Crippen LogP contribution in [0.2, 0.25) is 0 Å². The van der Waals surface area contributed by atoms with E-state index in [1.165, 1.54) is 23.1 Å². The second-order valence-electron chi connectivity index (χ2n) is 5.81. The zero-order valence-electron chi connectivity index (χ0n) is 13.5. The molecule has 0 unspecified atom stereocenters. The zero-order chi connectivity index (χ0) is 17.1. The molecule has 2 saturated heterocycles. The summed E-state index contributed by atoms with van der Waals surface area (Å²) in [6, 6.07) is 3.78. The number of nitrogens with zero attached hydrogens (tertiary/aromatic N) is 2. The summed E-state index contributed by atoms with van der Waals surface area (Å²) in [5.74, 6) is -0.556. The molecule has 1 aromatic carbocycles. The number of amides is 3. The molecule has 8 heteroatoms. The molecule has 2 aliphatic rings. The molecule has 0 aromatic heterocycles. The lowest BCUT2D eigenvalue weighted by Crippen LogP contribution is -2.45. The zero-order valence-corrected chi connectivity index (χ0v) is 13.5. The summed E-state index contributed by atoms with van der Waals surface area (Å²) in [6.07, 6.45) is 1.27. The third kappa shape index (κ3) is 3.43. The number of ether oxygens (including phenoxy) is 2. The molecular weight excluding hydrogens is 317 g/mol. The Morgan fingerprint density at radius 2 is 2.25 bits per heavy atom. The number of hydrogen-bond acceptors (Lipinski definition) is 4. The van der Waals surface area contributed by atoms with Gasteiger partial charge in [0.15, 0.2) is 0 Å². The van der Waals surface area contributed by atoms with Crippen LogP contribution in [0.5, 0.6) is 0 Å². The van der Waals surface area contributed by atoms with Gasteiger partial charge in [-0.05, 0) is 31.0 Å². The van der Waals surface area contributed by atoms with E-state index in [1.807, 2.05) is 0 Å². The molecule has 24 heavy (non-hydrogen) atoms. The quantitative estimate of drug-likeness (QED) is 0.919. The van der Waals surface area contributed by atoms with E-state index in [-0.39, 0.29) is 17.8 Å². The Morgan fingerprint density at radius 3 is 2.96 bits per heavy atom. The van der Waals surface area contributed by atoms with Crippen molar-refractivity contribution in [1.82, 2.24) is 4.90 Å². The van der Waals surface area contributed by atoms with Crippen LogP contribution < -0.4 is 10.2 Å². The number of rotatable bonds is 3. The van der Waals surface area contributed by atoms with E-state index in [2.05, 4.69) is 5.32 Å².